The summed E-state index contributed by atoms with van der Waals surface area (Å²) in [6.45, 7) is 9.20. The van der Waals surface area contributed by atoms with Crippen LogP contribution in [-0.2, 0) is 50.9 Å². The molecule has 20 heteroatoms. The second kappa shape index (κ2) is 23.1. The van der Waals surface area contributed by atoms with Crippen LogP contribution in [0.1, 0.15) is 72.5 Å². The van der Waals surface area contributed by atoms with Gasteiger partial charge in [-0.05, 0) is 70.8 Å². The van der Waals surface area contributed by atoms with Crippen molar-refractivity contribution in [3.63, 3.8) is 0 Å². The van der Waals surface area contributed by atoms with Gasteiger partial charge in [0.25, 0.3) is 0 Å². The van der Waals surface area contributed by atoms with E-state index in [1.54, 1.807) is 49.1 Å². The molecule has 3 aromatic heterocycles. The molecule has 0 bridgehead atoms. The van der Waals surface area contributed by atoms with Crippen molar-refractivity contribution in [1.82, 2.24) is 29.7 Å². The van der Waals surface area contributed by atoms with Gasteiger partial charge in [-0.2, -0.15) is 52.7 Å². The fourth-order valence-corrected chi connectivity index (χ4v) is 7.32. The van der Waals surface area contributed by atoms with E-state index in [1.807, 2.05) is 49.6 Å². The van der Waals surface area contributed by atoms with Crippen molar-refractivity contribution >= 4 is 0 Å². The number of hydrogen-bond donors (Lipinski definition) is 0. The van der Waals surface area contributed by atoms with Crippen LogP contribution in [0.15, 0.2) is 134 Å². The van der Waals surface area contributed by atoms with Crippen molar-refractivity contribution in [3.05, 3.63) is 179 Å². The molecule has 376 valence electrons. The van der Waals surface area contributed by atoms with Gasteiger partial charge in [0.05, 0.1) is 42.3 Å². The molecule has 6 aromatic rings. The molecule has 0 N–H and O–H groups in total. The van der Waals surface area contributed by atoms with Crippen LogP contribution in [0.25, 0.3) is 0 Å². The average molecular weight is 995 g/mol. The third-order valence-corrected chi connectivity index (χ3v) is 10.3. The first-order valence-corrected chi connectivity index (χ1v) is 21.5. The van der Waals surface area contributed by atoms with Gasteiger partial charge < -0.3 is 9.47 Å². The lowest BCUT2D eigenvalue weighted by molar-refractivity contribution is -0.145. The molecule has 6 rings (SSSR count). The molecule has 0 atom stereocenters. The predicted molar refractivity (Wildman–Crippen MR) is 237 cm³/mol. The van der Waals surface area contributed by atoms with Crippen molar-refractivity contribution in [2.45, 2.75) is 78.6 Å². The monoisotopic (exact) mass is 994 g/mol. The molecule has 70 heavy (non-hydrogen) atoms. The van der Waals surface area contributed by atoms with E-state index in [1.165, 1.54) is 36.4 Å². The summed E-state index contributed by atoms with van der Waals surface area (Å²) in [6.07, 6.45) is -9.63. The highest BCUT2D eigenvalue weighted by atomic mass is 19.4. The molecule has 0 aliphatic rings. The minimum atomic E-state index is -4.66. The molecule has 0 aliphatic heterocycles. The Balaban J connectivity index is 0.000000261. The Labute approximate surface area is 397 Å². The number of nitrogens with zero attached hydrogens (tertiary/aromatic N) is 6. The quantitative estimate of drug-likeness (QED) is 0.0789. The van der Waals surface area contributed by atoms with E-state index in [9.17, 15) is 52.7 Å². The lowest BCUT2D eigenvalue weighted by Gasteiger charge is -2.33. The molecule has 3 heterocycles. The Morgan fingerprint density at radius 2 is 0.843 bits per heavy atom. The van der Waals surface area contributed by atoms with Gasteiger partial charge in [-0.15, -0.1) is 0 Å². The van der Waals surface area contributed by atoms with Gasteiger partial charge >= 0.3 is 24.7 Å². The second-order valence-electron chi connectivity index (χ2n) is 18.0. The van der Waals surface area contributed by atoms with Crippen LogP contribution < -0.4 is 9.47 Å². The zero-order valence-corrected chi connectivity index (χ0v) is 38.4. The van der Waals surface area contributed by atoms with Gasteiger partial charge in [-0.1, -0.05) is 76.2 Å². The smallest absolute Gasteiger partial charge is 0.451 e. The number of rotatable bonds is 18. The Morgan fingerprint density at radius 3 is 1.21 bits per heavy atom. The number of benzene rings is 3. The Kier molecular flexibility index (Phi) is 18.0. The number of halogens is 12. The summed E-state index contributed by atoms with van der Waals surface area (Å²) in [5.74, 6) is -0.922. The molecule has 0 unspecified atom stereocenters. The van der Waals surface area contributed by atoms with Crippen LogP contribution in [0, 0.1) is 10.8 Å². The van der Waals surface area contributed by atoms with Crippen molar-refractivity contribution in [2.24, 2.45) is 10.8 Å². The summed E-state index contributed by atoms with van der Waals surface area (Å²) < 4.78 is 169. The summed E-state index contributed by atoms with van der Waals surface area (Å²) in [5.41, 5.74) is -1.31. The number of aromatic nitrogens is 4. The van der Waals surface area contributed by atoms with E-state index in [4.69, 9.17) is 9.47 Å². The van der Waals surface area contributed by atoms with Gasteiger partial charge in [0.15, 0.2) is 5.75 Å². The first kappa shape index (κ1) is 54.7. The lowest BCUT2D eigenvalue weighted by atomic mass is 9.93. The van der Waals surface area contributed by atoms with Crippen molar-refractivity contribution in [3.8, 4) is 11.5 Å². The van der Waals surface area contributed by atoms with Gasteiger partial charge in [0, 0.05) is 74.9 Å². The highest BCUT2D eigenvalue weighted by Crippen LogP contribution is 2.36. The minimum absolute atomic E-state index is 0.0252. The van der Waals surface area contributed by atoms with E-state index < -0.39 is 58.0 Å². The summed E-state index contributed by atoms with van der Waals surface area (Å²) in [5, 5.41) is 0. The molecule has 3 aromatic carbocycles. The van der Waals surface area contributed by atoms with Crippen molar-refractivity contribution < 1.29 is 62.2 Å². The van der Waals surface area contributed by atoms with Gasteiger partial charge in [-0.3, -0.25) is 19.8 Å². The maximum Gasteiger partial charge on any atom is 0.451 e. The van der Waals surface area contributed by atoms with E-state index in [0.29, 0.717) is 26.2 Å². The number of ether oxygens (including phenoxy) is 2. The summed E-state index contributed by atoms with van der Waals surface area (Å²) in [4.78, 5) is 18.4. The molecule has 8 nitrogen and oxygen atoms in total. The van der Waals surface area contributed by atoms with Crippen LogP contribution >= 0.6 is 0 Å². The third kappa shape index (κ3) is 17.6. The van der Waals surface area contributed by atoms with Gasteiger partial charge in [0.1, 0.15) is 5.75 Å². The first-order valence-electron chi connectivity index (χ1n) is 21.5. The predicted octanol–water partition coefficient (Wildman–Crippen LogP) is 13.2. The number of alkyl halides is 12. The standard InChI is InChI=1S/C26H26F6N2O.C24H24F6N4O/c1-24(2,18-35-22-11-9-21(10-12-22)25(27,28)29)17-34(15-19-6-5-13-33-14-19)16-20-7-3-4-8-23(20)26(30,31)32;1-22(2,16-35-19-11-32-21(33-12-19)24(28,29)30)15-34(13-17-6-5-9-31-10-17)14-18-7-3-4-8-20(18)23(25,26)27/h3-14H,15-18H2,1-2H3;3-12H,13-16H2,1-2H3. The van der Waals surface area contributed by atoms with E-state index in [2.05, 4.69) is 19.9 Å². The summed E-state index contributed by atoms with van der Waals surface area (Å²) in [6, 6.07) is 22.5. The van der Waals surface area contributed by atoms with E-state index in [-0.39, 0.29) is 48.9 Å². The Bertz CT molecular complexity index is 2340. The van der Waals surface area contributed by atoms with E-state index >= 15 is 0 Å². The highest BCUT2D eigenvalue weighted by molar-refractivity contribution is 5.32. The molecule has 0 saturated heterocycles. The molecular formula is C50H50F12N6O2. The van der Waals surface area contributed by atoms with Gasteiger partial charge in [-0.25, -0.2) is 9.97 Å². The average Bonchev–Trinajstić information content (AvgIpc) is 3.28. The first-order chi connectivity index (χ1) is 32.7. The number of hydrogen-bond acceptors (Lipinski definition) is 8. The molecule has 0 saturated carbocycles. The van der Waals surface area contributed by atoms with E-state index in [0.717, 1.165) is 47.8 Å². The Morgan fingerprint density at radius 1 is 0.429 bits per heavy atom. The van der Waals surface area contributed by atoms with Crippen LogP contribution in [0.5, 0.6) is 11.5 Å². The normalized spacial score (nSPS) is 12.7. The third-order valence-electron chi connectivity index (χ3n) is 10.3. The second-order valence-corrected chi connectivity index (χ2v) is 18.0. The topological polar surface area (TPSA) is 76.5 Å². The minimum Gasteiger partial charge on any atom is -0.493 e. The summed E-state index contributed by atoms with van der Waals surface area (Å²) in [7, 11) is 0. The molecule has 0 aliphatic carbocycles. The van der Waals surface area contributed by atoms with Crippen molar-refractivity contribution in [1.29, 1.82) is 0 Å². The maximum atomic E-state index is 13.6. The number of pyridine rings is 2. The van der Waals surface area contributed by atoms with Crippen LogP contribution in [0.2, 0.25) is 0 Å². The van der Waals surface area contributed by atoms with Crippen LogP contribution in [0.3, 0.4) is 0 Å². The SMILES string of the molecule is CC(C)(COc1ccc(C(F)(F)F)cc1)CN(Cc1cccnc1)Cc1ccccc1C(F)(F)F.CC(C)(COc1cnc(C(F)(F)F)nc1)CN(Cc1cccnc1)Cc1ccccc1C(F)(F)F. The molecule has 0 fully saturated rings. The maximum absolute atomic E-state index is 13.6. The molecule has 0 spiro atoms. The highest BCUT2D eigenvalue weighted by Gasteiger charge is 2.37. The zero-order chi connectivity index (χ0) is 51.4. The van der Waals surface area contributed by atoms with Crippen LogP contribution in [-0.4, -0.2) is 56.0 Å². The Hall–Kier alpha value is -6.28. The fourth-order valence-electron chi connectivity index (χ4n) is 7.32. The lowest BCUT2D eigenvalue weighted by Crippen LogP contribution is -2.37. The summed E-state index contributed by atoms with van der Waals surface area (Å²) >= 11 is 0. The fraction of sp³-hybridized carbons (Fsp3) is 0.360. The van der Waals surface area contributed by atoms with Gasteiger partial charge in [0.2, 0.25) is 5.82 Å². The molecule has 0 amide bonds. The molecule has 0 radical (unpaired) electrons. The molecular weight excluding hydrogens is 945 g/mol. The van der Waals surface area contributed by atoms with Crippen LogP contribution in [0.4, 0.5) is 52.7 Å². The largest absolute Gasteiger partial charge is 0.493 e. The zero-order valence-electron chi connectivity index (χ0n) is 38.4. The van der Waals surface area contributed by atoms with Crippen molar-refractivity contribution in [2.75, 3.05) is 26.3 Å².